The molecule has 21 heavy (non-hydrogen) atoms. The van der Waals surface area contributed by atoms with Gasteiger partial charge in [0.15, 0.2) is 5.69 Å². The third-order valence-electron chi connectivity index (χ3n) is 3.73. The van der Waals surface area contributed by atoms with Crippen LogP contribution >= 0.6 is 0 Å². The molecule has 0 aliphatic rings. The summed E-state index contributed by atoms with van der Waals surface area (Å²) in [6.45, 7) is 5.91. The quantitative estimate of drug-likeness (QED) is 0.785. The SMILES string of the molecule is CCCCC(CC)C(=O)Nc1c(C(=O)OC)nn(C)c1C. The van der Waals surface area contributed by atoms with Gasteiger partial charge in [-0.05, 0) is 19.8 Å². The van der Waals surface area contributed by atoms with Crippen molar-refractivity contribution in [2.75, 3.05) is 12.4 Å². The van der Waals surface area contributed by atoms with Crippen LogP contribution < -0.4 is 5.32 Å². The van der Waals surface area contributed by atoms with Gasteiger partial charge < -0.3 is 10.1 Å². The van der Waals surface area contributed by atoms with Crippen LogP contribution in [0.5, 0.6) is 0 Å². The van der Waals surface area contributed by atoms with E-state index in [0.717, 1.165) is 31.4 Å². The number of aromatic nitrogens is 2. The van der Waals surface area contributed by atoms with Gasteiger partial charge in [-0.3, -0.25) is 9.48 Å². The molecule has 0 bridgehead atoms. The molecule has 0 aliphatic heterocycles. The molecule has 6 nitrogen and oxygen atoms in total. The molecule has 0 saturated heterocycles. The Morgan fingerprint density at radius 1 is 1.38 bits per heavy atom. The van der Waals surface area contributed by atoms with Crippen LogP contribution in [0.25, 0.3) is 0 Å². The number of rotatable bonds is 7. The van der Waals surface area contributed by atoms with Crippen molar-refractivity contribution in [1.82, 2.24) is 9.78 Å². The molecule has 1 unspecified atom stereocenters. The maximum Gasteiger partial charge on any atom is 0.360 e. The second-order valence-electron chi connectivity index (χ2n) is 5.16. The van der Waals surface area contributed by atoms with Crippen molar-refractivity contribution in [1.29, 1.82) is 0 Å². The summed E-state index contributed by atoms with van der Waals surface area (Å²) in [5.41, 5.74) is 1.33. The zero-order chi connectivity index (χ0) is 16.0. The number of anilines is 1. The summed E-state index contributed by atoms with van der Waals surface area (Å²) in [5, 5.41) is 6.96. The number of amides is 1. The van der Waals surface area contributed by atoms with E-state index in [9.17, 15) is 9.59 Å². The molecule has 1 atom stereocenters. The van der Waals surface area contributed by atoms with E-state index in [1.807, 2.05) is 13.8 Å². The van der Waals surface area contributed by atoms with Gasteiger partial charge in [0, 0.05) is 13.0 Å². The maximum absolute atomic E-state index is 12.4. The number of esters is 1. The van der Waals surface area contributed by atoms with Crippen molar-refractivity contribution >= 4 is 17.6 Å². The van der Waals surface area contributed by atoms with Crippen molar-refractivity contribution < 1.29 is 14.3 Å². The largest absolute Gasteiger partial charge is 0.464 e. The number of nitrogens with zero attached hydrogens (tertiary/aromatic N) is 2. The van der Waals surface area contributed by atoms with Gasteiger partial charge in [-0.25, -0.2) is 4.79 Å². The molecule has 1 heterocycles. The monoisotopic (exact) mass is 295 g/mol. The number of hydrogen-bond donors (Lipinski definition) is 1. The summed E-state index contributed by atoms with van der Waals surface area (Å²) in [4.78, 5) is 24.1. The van der Waals surface area contributed by atoms with Gasteiger partial charge >= 0.3 is 5.97 Å². The van der Waals surface area contributed by atoms with Gasteiger partial charge in [-0.2, -0.15) is 5.10 Å². The summed E-state index contributed by atoms with van der Waals surface area (Å²) >= 11 is 0. The van der Waals surface area contributed by atoms with Crippen LogP contribution in [0.3, 0.4) is 0 Å². The van der Waals surface area contributed by atoms with Gasteiger partial charge in [0.25, 0.3) is 0 Å². The van der Waals surface area contributed by atoms with E-state index < -0.39 is 5.97 Å². The Bertz CT molecular complexity index is 509. The first-order chi connectivity index (χ1) is 9.96. The number of methoxy groups -OCH3 is 1. The molecular weight excluding hydrogens is 270 g/mol. The highest BCUT2D eigenvalue weighted by Gasteiger charge is 2.24. The zero-order valence-electron chi connectivity index (χ0n) is 13.5. The Hall–Kier alpha value is -1.85. The van der Waals surface area contributed by atoms with E-state index in [-0.39, 0.29) is 17.5 Å². The first kappa shape index (κ1) is 17.2. The van der Waals surface area contributed by atoms with Crippen LogP contribution in [0.15, 0.2) is 0 Å². The molecule has 1 amide bonds. The van der Waals surface area contributed by atoms with Gasteiger partial charge in [-0.1, -0.05) is 26.7 Å². The van der Waals surface area contributed by atoms with Gasteiger partial charge in [0.05, 0.1) is 18.5 Å². The fourth-order valence-electron chi connectivity index (χ4n) is 2.19. The summed E-state index contributed by atoms with van der Waals surface area (Å²) in [6.07, 6.45) is 3.70. The van der Waals surface area contributed by atoms with E-state index >= 15 is 0 Å². The molecule has 0 aromatic carbocycles. The van der Waals surface area contributed by atoms with Gasteiger partial charge in [0.2, 0.25) is 5.91 Å². The van der Waals surface area contributed by atoms with Crippen LogP contribution in [0.4, 0.5) is 5.69 Å². The highest BCUT2D eigenvalue weighted by molar-refractivity contribution is 6.01. The standard InChI is InChI=1S/C15H25N3O3/c1-6-8-9-11(7-2)14(19)16-12-10(3)18(4)17-13(12)15(20)21-5/h11H,6-9H2,1-5H3,(H,16,19). The fourth-order valence-corrected chi connectivity index (χ4v) is 2.19. The number of aryl methyl sites for hydroxylation is 1. The average Bonchev–Trinajstić information content (AvgIpc) is 2.75. The van der Waals surface area contributed by atoms with Crippen LogP contribution in [0.2, 0.25) is 0 Å². The fraction of sp³-hybridized carbons (Fsp3) is 0.667. The van der Waals surface area contributed by atoms with Crippen molar-refractivity contribution in [2.45, 2.75) is 46.5 Å². The van der Waals surface area contributed by atoms with E-state index in [1.54, 1.807) is 11.7 Å². The van der Waals surface area contributed by atoms with Crippen molar-refractivity contribution in [2.24, 2.45) is 13.0 Å². The molecule has 6 heteroatoms. The Labute approximate surface area is 125 Å². The smallest absolute Gasteiger partial charge is 0.360 e. The number of nitrogens with one attached hydrogen (secondary N) is 1. The summed E-state index contributed by atoms with van der Waals surface area (Å²) in [7, 11) is 3.03. The Morgan fingerprint density at radius 3 is 2.57 bits per heavy atom. The molecule has 1 aromatic rings. The minimum Gasteiger partial charge on any atom is -0.464 e. The average molecular weight is 295 g/mol. The molecule has 1 rings (SSSR count). The normalized spacial score (nSPS) is 12.0. The van der Waals surface area contributed by atoms with Gasteiger partial charge in [-0.15, -0.1) is 0 Å². The highest BCUT2D eigenvalue weighted by Crippen LogP contribution is 2.23. The third-order valence-corrected chi connectivity index (χ3v) is 3.73. The lowest BCUT2D eigenvalue weighted by Crippen LogP contribution is -2.23. The molecular formula is C15H25N3O3. The van der Waals surface area contributed by atoms with Crippen molar-refractivity contribution in [3.05, 3.63) is 11.4 Å². The molecule has 1 N–H and O–H groups in total. The Morgan fingerprint density at radius 2 is 2.05 bits per heavy atom. The lowest BCUT2D eigenvalue weighted by Gasteiger charge is -2.14. The van der Waals surface area contributed by atoms with E-state index in [2.05, 4.69) is 17.3 Å². The zero-order valence-corrected chi connectivity index (χ0v) is 13.5. The van der Waals surface area contributed by atoms with Crippen LogP contribution in [0.1, 0.15) is 55.7 Å². The lowest BCUT2D eigenvalue weighted by atomic mass is 9.98. The second-order valence-corrected chi connectivity index (χ2v) is 5.16. The molecule has 118 valence electrons. The van der Waals surface area contributed by atoms with Crippen LogP contribution in [-0.4, -0.2) is 28.8 Å². The number of ether oxygens (including phenoxy) is 1. The molecule has 0 radical (unpaired) electrons. The molecule has 1 aromatic heterocycles. The highest BCUT2D eigenvalue weighted by atomic mass is 16.5. The number of unbranched alkanes of at least 4 members (excludes halogenated alkanes) is 1. The van der Waals surface area contributed by atoms with Crippen LogP contribution in [0, 0.1) is 12.8 Å². The second kappa shape index (κ2) is 7.81. The number of hydrogen-bond acceptors (Lipinski definition) is 4. The Kier molecular flexibility index (Phi) is 6.39. The van der Waals surface area contributed by atoms with Crippen LogP contribution in [-0.2, 0) is 16.6 Å². The number of carbonyl (C=O) groups is 2. The lowest BCUT2D eigenvalue weighted by molar-refractivity contribution is -0.120. The first-order valence-corrected chi connectivity index (χ1v) is 7.38. The topological polar surface area (TPSA) is 73.2 Å². The third kappa shape index (κ3) is 4.06. The first-order valence-electron chi connectivity index (χ1n) is 7.38. The summed E-state index contributed by atoms with van der Waals surface area (Å²) in [5.74, 6) is -0.655. The van der Waals surface area contributed by atoms with E-state index in [4.69, 9.17) is 4.74 Å². The molecule has 0 saturated carbocycles. The van der Waals surface area contributed by atoms with Gasteiger partial charge in [0.1, 0.15) is 0 Å². The number of carbonyl (C=O) groups excluding carboxylic acids is 2. The Balaban J connectivity index is 2.95. The minimum absolute atomic E-state index is 0.0462. The molecule has 0 spiro atoms. The van der Waals surface area contributed by atoms with Crippen molar-refractivity contribution in [3.8, 4) is 0 Å². The predicted octanol–water partition coefficient (Wildman–Crippen LogP) is 2.67. The summed E-state index contributed by atoms with van der Waals surface area (Å²) in [6, 6.07) is 0. The molecule has 0 fully saturated rings. The molecule has 0 aliphatic carbocycles. The minimum atomic E-state index is -0.546. The maximum atomic E-state index is 12.4. The van der Waals surface area contributed by atoms with E-state index in [1.165, 1.54) is 7.11 Å². The van der Waals surface area contributed by atoms with E-state index in [0.29, 0.717) is 5.69 Å². The van der Waals surface area contributed by atoms with Crippen molar-refractivity contribution in [3.63, 3.8) is 0 Å². The summed E-state index contributed by atoms with van der Waals surface area (Å²) < 4.78 is 6.28. The predicted molar refractivity (Wildman–Crippen MR) is 81.2 cm³/mol.